The molecule has 1 heterocycles. The molecule has 0 amide bonds. The lowest BCUT2D eigenvalue weighted by Crippen LogP contribution is -2.00. The molecule has 1 N–H and O–H groups in total. The number of aromatic nitrogens is 1. The van der Waals surface area contributed by atoms with Crippen LogP contribution < -0.4 is 5.32 Å². The number of rotatable bonds is 4. The van der Waals surface area contributed by atoms with E-state index in [0.717, 1.165) is 16.8 Å². The molecule has 0 aliphatic heterocycles. The van der Waals surface area contributed by atoms with Crippen LogP contribution in [0.1, 0.15) is 5.56 Å². The first-order chi connectivity index (χ1) is 8.28. The summed E-state index contributed by atoms with van der Waals surface area (Å²) in [7, 11) is 0. The molecule has 0 unspecified atom stereocenters. The van der Waals surface area contributed by atoms with Crippen LogP contribution in [-0.2, 0) is 6.54 Å². The second kappa shape index (κ2) is 6.07. The highest BCUT2D eigenvalue weighted by atomic mass is 79.9. The molecular weight excluding hydrogens is 296 g/mol. The normalized spacial score (nSPS) is 10.2. The van der Waals surface area contributed by atoms with E-state index in [9.17, 15) is 0 Å². The smallest absolute Gasteiger partial charge is 0.126 e. The molecular formula is C13H13BrN2S. The standard InChI is InChI=1S/C13H13BrN2S/c1-17-12-5-2-10(3-6-12)8-15-13-7-4-11(14)9-16-13/h2-7,9H,8H2,1H3,(H,15,16). The third-order valence-corrected chi connectivity index (χ3v) is 3.57. The number of pyridine rings is 1. The van der Waals surface area contributed by atoms with Crippen molar-refractivity contribution in [3.05, 3.63) is 52.6 Å². The van der Waals surface area contributed by atoms with Gasteiger partial charge in [-0.25, -0.2) is 4.98 Å². The predicted molar refractivity (Wildman–Crippen MR) is 77.5 cm³/mol. The van der Waals surface area contributed by atoms with Gasteiger partial charge in [-0.3, -0.25) is 0 Å². The Labute approximate surface area is 114 Å². The molecule has 0 saturated heterocycles. The molecule has 2 rings (SSSR count). The molecule has 0 aliphatic carbocycles. The van der Waals surface area contributed by atoms with Crippen molar-refractivity contribution in [3.8, 4) is 0 Å². The molecule has 4 heteroatoms. The number of hydrogen-bond donors (Lipinski definition) is 1. The minimum Gasteiger partial charge on any atom is -0.366 e. The largest absolute Gasteiger partial charge is 0.366 e. The maximum absolute atomic E-state index is 4.26. The van der Waals surface area contributed by atoms with Crippen molar-refractivity contribution in [2.24, 2.45) is 0 Å². The highest BCUT2D eigenvalue weighted by molar-refractivity contribution is 9.10. The predicted octanol–water partition coefficient (Wildman–Crippen LogP) is 4.18. The van der Waals surface area contributed by atoms with Gasteiger partial charge >= 0.3 is 0 Å². The summed E-state index contributed by atoms with van der Waals surface area (Å²) in [6.45, 7) is 0.795. The Kier molecular flexibility index (Phi) is 4.45. The molecule has 1 aromatic carbocycles. The van der Waals surface area contributed by atoms with Crippen molar-refractivity contribution in [2.45, 2.75) is 11.4 Å². The maximum Gasteiger partial charge on any atom is 0.126 e. The molecule has 0 radical (unpaired) electrons. The van der Waals surface area contributed by atoms with E-state index in [1.807, 2.05) is 12.1 Å². The number of nitrogens with one attached hydrogen (secondary N) is 1. The lowest BCUT2D eigenvalue weighted by atomic mass is 10.2. The fourth-order valence-corrected chi connectivity index (χ4v) is 2.06. The highest BCUT2D eigenvalue weighted by Gasteiger charge is 1.96. The zero-order valence-corrected chi connectivity index (χ0v) is 11.9. The monoisotopic (exact) mass is 308 g/mol. The van der Waals surface area contributed by atoms with Gasteiger partial charge in [0.1, 0.15) is 5.82 Å². The van der Waals surface area contributed by atoms with Gasteiger partial charge in [0.25, 0.3) is 0 Å². The Morgan fingerprint density at radius 2 is 1.94 bits per heavy atom. The Morgan fingerprint density at radius 3 is 2.53 bits per heavy atom. The Morgan fingerprint density at radius 1 is 1.18 bits per heavy atom. The molecule has 2 nitrogen and oxygen atoms in total. The van der Waals surface area contributed by atoms with Crippen LogP contribution in [0, 0.1) is 0 Å². The molecule has 0 bridgehead atoms. The van der Waals surface area contributed by atoms with Crippen molar-refractivity contribution < 1.29 is 0 Å². The number of hydrogen-bond acceptors (Lipinski definition) is 3. The van der Waals surface area contributed by atoms with E-state index in [1.54, 1.807) is 18.0 Å². The zero-order valence-electron chi connectivity index (χ0n) is 9.48. The Balaban J connectivity index is 1.95. The average molecular weight is 309 g/mol. The van der Waals surface area contributed by atoms with Gasteiger partial charge in [-0.1, -0.05) is 12.1 Å². The van der Waals surface area contributed by atoms with Crippen molar-refractivity contribution in [3.63, 3.8) is 0 Å². The highest BCUT2D eigenvalue weighted by Crippen LogP contribution is 2.16. The first-order valence-electron chi connectivity index (χ1n) is 5.26. The molecule has 88 valence electrons. The lowest BCUT2D eigenvalue weighted by molar-refractivity contribution is 1.10. The van der Waals surface area contributed by atoms with Crippen LogP contribution in [0.25, 0.3) is 0 Å². The van der Waals surface area contributed by atoms with E-state index >= 15 is 0 Å². The van der Waals surface area contributed by atoms with Crippen molar-refractivity contribution in [1.82, 2.24) is 4.98 Å². The summed E-state index contributed by atoms with van der Waals surface area (Å²) < 4.78 is 0.993. The summed E-state index contributed by atoms with van der Waals surface area (Å²) in [6, 6.07) is 12.5. The van der Waals surface area contributed by atoms with E-state index in [1.165, 1.54) is 10.5 Å². The lowest BCUT2D eigenvalue weighted by Gasteiger charge is -2.06. The van der Waals surface area contributed by atoms with Gasteiger partial charge in [-0.05, 0) is 52.0 Å². The second-order valence-corrected chi connectivity index (χ2v) is 5.36. The van der Waals surface area contributed by atoms with Crippen molar-refractivity contribution in [1.29, 1.82) is 0 Å². The average Bonchev–Trinajstić information content (AvgIpc) is 2.39. The fraction of sp³-hybridized carbons (Fsp3) is 0.154. The van der Waals surface area contributed by atoms with Crippen LogP contribution in [0.5, 0.6) is 0 Å². The van der Waals surface area contributed by atoms with E-state index in [4.69, 9.17) is 0 Å². The van der Waals surface area contributed by atoms with Gasteiger partial charge in [-0.2, -0.15) is 0 Å². The summed E-state index contributed by atoms with van der Waals surface area (Å²) >= 11 is 5.12. The molecule has 0 atom stereocenters. The topological polar surface area (TPSA) is 24.9 Å². The second-order valence-electron chi connectivity index (χ2n) is 3.56. The van der Waals surface area contributed by atoms with Crippen LogP contribution in [0.4, 0.5) is 5.82 Å². The molecule has 0 aliphatic rings. The Bertz CT molecular complexity index is 468. The van der Waals surface area contributed by atoms with E-state index in [2.05, 4.69) is 56.8 Å². The Hall–Kier alpha value is -1.00. The van der Waals surface area contributed by atoms with Crippen LogP contribution in [0.3, 0.4) is 0 Å². The first kappa shape index (κ1) is 12.5. The molecule has 2 aromatic rings. The van der Waals surface area contributed by atoms with Crippen LogP contribution in [0.15, 0.2) is 52.0 Å². The van der Waals surface area contributed by atoms with Gasteiger partial charge in [0.05, 0.1) is 0 Å². The van der Waals surface area contributed by atoms with Crippen molar-refractivity contribution in [2.75, 3.05) is 11.6 Å². The van der Waals surface area contributed by atoms with E-state index in [0.29, 0.717) is 0 Å². The molecule has 1 aromatic heterocycles. The van der Waals surface area contributed by atoms with Gasteiger partial charge in [0.15, 0.2) is 0 Å². The zero-order chi connectivity index (χ0) is 12.1. The minimum absolute atomic E-state index is 0.795. The van der Waals surface area contributed by atoms with Gasteiger partial charge in [-0.15, -0.1) is 11.8 Å². The maximum atomic E-state index is 4.26. The summed E-state index contributed by atoms with van der Waals surface area (Å²) in [6.07, 6.45) is 3.87. The van der Waals surface area contributed by atoms with E-state index < -0.39 is 0 Å². The van der Waals surface area contributed by atoms with Crippen LogP contribution >= 0.6 is 27.7 Å². The van der Waals surface area contributed by atoms with Gasteiger partial charge in [0.2, 0.25) is 0 Å². The molecule has 0 fully saturated rings. The first-order valence-corrected chi connectivity index (χ1v) is 7.28. The summed E-state index contributed by atoms with van der Waals surface area (Å²) in [5.41, 5.74) is 1.26. The quantitative estimate of drug-likeness (QED) is 0.858. The van der Waals surface area contributed by atoms with E-state index in [-0.39, 0.29) is 0 Å². The number of halogens is 1. The third kappa shape index (κ3) is 3.75. The number of nitrogens with zero attached hydrogens (tertiary/aromatic N) is 1. The summed E-state index contributed by atoms with van der Waals surface area (Å²) in [5.74, 6) is 0.891. The minimum atomic E-state index is 0.795. The number of benzene rings is 1. The van der Waals surface area contributed by atoms with Crippen molar-refractivity contribution >= 4 is 33.5 Å². The third-order valence-electron chi connectivity index (χ3n) is 2.36. The van der Waals surface area contributed by atoms with Gasteiger partial charge in [0, 0.05) is 22.1 Å². The number of anilines is 1. The molecule has 17 heavy (non-hydrogen) atoms. The molecule has 0 saturated carbocycles. The van der Waals surface area contributed by atoms with Crippen LogP contribution in [0.2, 0.25) is 0 Å². The summed E-state index contributed by atoms with van der Waals surface area (Å²) in [4.78, 5) is 5.55. The molecule has 0 spiro atoms. The SMILES string of the molecule is CSc1ccc(CNc2ccc(Br)cn2)cc1. The van der Waals surface area contributed by atoms with Gasteiger partial charge < -0.3 is 5.32 Å². The summed E-state index contributed by atoms with van der Waals surface area (Å²) in [5, 5.41) is 3.29. The van der Waals surface area contributed by atoms with Crippen LogP contribution in [-0.4, -0.2) is 11.2 Å². The number of thioether (sulfide) groups is 1. The fourth-order valence-electron chi connectivity index (χ4n) is 1.42.